The van der Waals surface area contributed by atoms with Gasteiger partial charge in [0.25, 0.3) is 5.91 Å². The van der Waals surface area contributed by atoms with Crippen molar-refractivity contribution >= 4 is 21.6 Å². The van der Waals surface area contributed by atoms with E-state index < -0.39 is 16.1 Å². The van der Waals surface area contributed by atoms with Crippen molar-refractivity contribution in [3.8, 4) is 5.75 Å². The molecule has 0 bridgehead atoms. The molecule has 1 aromatic rings. The molecule has 0 radical (unpaired) electrons. The predicted molar refractivity (Wildman–Crippen MR) is 87.2 cm³/mol. The van der Waals surface area contributed by atoms with E-state index >= 15 is 0 Å². The Hall–Kier alpha value is -1.80. The topological polar surface area (TPSA) is 84.9 Å². The molecule has 0 aliphatic carbocycles. The molecule has 128 valence electrons. The van der Waals surface area contributed by atoms with Crippen LogP contribution in [0.5, 0.6) is 5.75 Å². The zero-order valence-corrected chi connectivity index (χ0v) is 14.1. The maximum atomic E-state index is 12.2. The van der Waals surface area contributed by atoms with Gasteiger partial charge in [-0.15, -0.1) is 0 Å². The van der Waals surface area contributed by atoms with E-state index in [0.29, 0.717) is 31.0 Å². The number of nitrogens with zero attached hydrogens (tertiary/aromatic N) is 1. The number of carbonyl (C=O) groups excluding carboxylic acids is 1. The Balaban J connectivity index is 2.12. The van der Waals surface area contributed by atoms with Crippen molar-refractivity contribution in [1.82, 2.24) is 5.32 Å². The average molecular weight is 342 g/mol. The summed E-state index contributed by atoms with van der Waals surface area (Å²) < 4.78 is 35.9. The molecule has 23 heavy (non-hydrogen) atoms. The Morgan fingerprint density at radius 3 is 2.87 bits per heavy atom. The Morgan fingerprint density at radius 2 is 2.17 bits per heavy atom. The van der Waals surface area contributed by atoms with Gasteiger partial charge in [0.1, 0.15) is 5.75 Å². The second-order valence-electron chi connectivity index (χ2n) is 5.34. The zero-order chi connectivity index (χ0) is 16.9. The second-order valence-corrected chi connectivity index (χ2v) is 7.24. The molecule has 1 aliphatic rings. The molecular formula is C15H22N2O5S. The summed E-state index contributed by atoms with van der Waals surface area (Å²) in [5.74, 6) is 0.152. The number of benzene rings is 1. The first-order valence-electron chi connectivity index (χ1n) is 7.43. The first kappa shape index (κ1) is 17.6. The van der Waals surface area contributed by atoms with Gasteiger partial charge in [0.05, 0.1) is 11.9 Å². The monoisotopic (exact) mass is 342 g/mol. The molecule has 0 saturated heterocycles. The van der Waals surface area contributed by atoms with E-state index in [4.69, 9.17) is 9.47 Å². The number of fused-ring (bicyclic) bond motifs is 1. The SMILES string of the molecule is COCCCNC(=O)[C@H]1CCN(S(C)(=O)=O)c2ccccc2O1. The molecule has 0 saturated carbocycles. The molecule has 8 heteroatoms. The van der Waals surface area contributed by atoms with Crippen LogP contribution in [0.1, 0.15) is 12.8 Å². The molecule has 7 nitrogen and oxygen atoms in total. The fraction of sp³-hybridized carbons (Fsp3) is 0.533. The van der Waals surface area contributed by atoms with E-state index in [-0.39, 0.29) is 18.9 Å². The summed E-state index contributed by atoms with van der Waals surface area (Å²) in [4.78, 5) is 12.2. The Labute approximate surface area is 136 Å². The summed E-state index contributed by atoms with van der Waals surface area (Å²) in [6, 6.07) is 6.84. The maximum absolute atomic E-state index is 12.2. The molecule has 1 atom stereocenters. The average Bonchev–Trinajstić information content (AvgIpc) is 2.70. The highest BCUT2D eigenvalue weighted by Crippen LogP contribution is 2.33. The minimum Gasteiger partial charge on any atom is -0.478 e. The molecular weight excluding hydrogens is 320 g/mol. The number of para-hydroxylation sites is 2. The van der Waals surface area contributed by atoms with E-state index in [9.17, 15) is 13.2 Å². The molecule has 1 aromatic carbocycles. The lowest BCUT2D eigenvalue weighted by Gasteiger charge is -2.20. The fourth-order valence-corrected chi connectivity index (χ4v) is 3.35. The number of anilines is 1. The molecule has 2 rings (SSSR count). The summed E-state index contributed by atoms with van der Waals surface area (Å²) in [5.41, 5.74) is 0.463. The van der Waals surface area contributed by atoms with E-state index in [0.717, 1.165) is 6.26 Å². The van der Waals surface area contributed by atoms with Gasteiger partial charge in [0.2, 0.25) is 10.0 Å². The van der Waals surface area contributed by atoms with Gasteiger partial charge < -0.3 is 14.8 Å². The van der Waals surface area contributed by atoms with Crippen molar-refractivity contribution in [2.75, 3.05) is 37.4 Å². The summed E-state index contributed by atoms with van der Waals surface area (Å²) in [6.45, 7) is 1.26. The number of rotatable bonds is 6. The minimum absolute atomic E-state index is 0.200. The van der Waals surface area contributed by atoms with Crippen LogP contribution in [-0.4, -0.2) is 53.5 Å². The number of carbonyl (C=O) groups is 1. The van der Waals surface area contributed by atoms with Gasteiger partial charge in [-0.2, -0.15) is 0 Å². The molecule has 0 unspecified atom stereocenters. The Kier molecular flexibility index (Phi) is 5.84. The van der Waals surface area contributed by atoms with Gasteiger partial charge in [0, 0.05) is 33.2 Å². The van der Waals surface area contributed by atoms with Gasteiger partial charge in [-0.25, -0.2) is 8.42 Å². The van der Waals surface area contributed by atoms with Crippen LogP contribution in [0.25, 0.3) is 0 Å². The summed E-state index contributed by atoms with van der Waals surface area (Å²) >= 11 is 0. The number of amides is 1. The molecule has 1 amide bonds. The van der Waals surface area contributed by atoms with Crippen molar-refractivity contribution in [2.24, 2.45) is 0 Å². The Bertz CT molecular complexity index is 647. The highest BCUT2D eigenvalue weighted by atomic mass is 32.2. The van der Waals surface area contributed by atoms with Crippen LogP contribution < -0.4 is 14.4 Å². The molecule has 0 aromatic heterocycles. The zero-order valence-electron chi connectivity index (χ0n) is 13.3. The standard InChI is InChI=1S/C15H22N2O5S/c1-21-11-5-9-16-15(18)14-8-10-17(23(2,19)20)12-6-3-4-7-13(12)22-14/h3-4,6-7,14H,5,8-11H2,1-2H3,(H,16,18)/t14-/m1/s1. The van der Waals surface area contributed by atoms with Crippen molar-refractivity contribution in [2.45, 2.75) is 18.9 Å². The van der Waals surface area contributed by atoms with Crippen LogP contribution in [0, 0.1) is 0 Å². The van der Waals surface area contributed by atoms with Crippen molar-refractivity contribution < 1.29 is 22.7 Å². The lowest BCUT2D eigenvalue weighted by Crippen LogP contribution is -2.40. The minimum atomic E-state index is -3.43. The van der Waals surface area contributed by atoms with Crippen molar-refractivity contribution in [1.29, 1.82) is 0 Å². The molecule has 0 fully saturated rings. The molecule has 1 aliphatic heterocycles. The van der Waals surface area contributed by atoms with Gasteiger partial charge >= 0.3 is 0 Å². The maximum Gasteiger partial charge on any atom is 0.261 e. The first-order valence-corrected chi connectivity index (χ1v) is 9.28. The van der Waals surface area contributed by atoms with E-state index in [2.05, 4.69) is 5.32 Å². The lowest BCUT2D eigenvalue weighted by atomic mass is 10.2. The van der Waals surface area contributed by atoms with E-state index in [1.54, 1.807) is 31.4 Å². The van der Waals surface area contributed by atoms with Crippen LogP contribution in [0.3, 0.4) is 0 Å². The van der Waals surface area contributed by atoms with Crippen LogP contribution >= 0.6 is 0 Å². The third kappa shape index (κ3) is 4.59. The Morgan fingerprint density at radius 1 is 1.43 bits per heavy atom. The third-order valence-electron chi connectivity index (χ3n) is 3.51. The van der Waals surface area contributed by atoms with E-state index in [1.165, 1.54) is 4.31 Å². The van der Waals surface area contributed by atoms with Crippen LogP contribution in [0.4, 0.5) is 5.69 Å². The van der Waals surface area contributed by atoms with E-state index in [1.807, 2.05) is 0 Å². The predicted octanol–water partition coefficient (Wildman–Crippen LogP) is 0.756. The summed E-state index contributed by atoms with van der Waals surface area (Å²) in [5, 5.41) is 2.79. The number of nitrogens with one attached hydrogen (secondary N) is 1. The number of hydrogen-bond donors (Lipinski definition) is 1. The van der Waals surface area contributed by atoms with Crippen molar-refractivity contribution in [3.05, 3.63) is 24.3 Å². The smallest absolute Gasteiger partial charge is 0.261 e. The molecule has 0 spiro atoms. The quantitative estimate of drug-likeness (QED) is 0.772. The summed E-state index contributed by atoms with van der Waals surface area (Å²) in [7, 11) is -1.83. The largest absolute Gasteiger partial charge is 0.478 e. The molecule has 1 N–H and O–H groups in total. The highest BCUT2D eigenvalue weighted by Gasteiger charge is 2.30. The number of ether oxygens (including phenoxy) is 2. The van der Waals surface area contributed by atoms with Gasteiger partial charge in [-0.3, -0.25) is 9.10 Å². The lowest BCUT2D eigenvalue weighted by molar-refractivity contribution is -0.128. The normalized spacial score (nSPS) is 17.8. The van der Waals surface area contributed by atoms with Crippen LogP contribution in [0.15, 0.2) is 24.3 Å². The second kappa shape index (κ2) is 7.65. The summed E-state index contributed by atoms with van der Waals surface area (Å²) in [6.07, 6.45) is 1.43. The van der Waals surface area contributed by atoms with Crippen molar-refractivity contribution in [3.63, 3.8) is 0 Å². The fourth-order valence-electron chi connectivity index (χ4n) is 2.40. The highest BCUT2D eigenvalue weighted by molar-refractivity contribution is 7.92. The number of hydrogen-bond acceptors (Lipinski definition) is 5. The third-order valence-corrected chi connectivity index (χ3v) is 4.69. The van der Waals surface area contributed by atoms with Gasteiger partial charge in [-0.1, -0.05) is 12.1 Å². The van der Waals surface area contributed by atoms with Gasteiger partial charge in [-0.05, 0) is 18.6 Å². The number of sulfonamides is 1. The number of methoxy groups -OCH3 is 1. The first-order chi connectivity index (χ1) is 10.9. The van der Waals surface area contributed by atoms with Gasteiger partial charge in [0.15, 0.2) is 6.10 Å². The molecule has 1 heterocycles. The van der Waals surface area contributed by atoms with Crippen LogP contribution in [-0.2, 0) is 19.6 Å². The van der Waals surface area contributed by atoms with Crippen LogP contribution in [0.2, 0.25) is 0 Å².